The van der Waals surface area contributed by atoms with E-state index in [4.69, 9.17) is 0 Å². The first-order valence-electron chi connectivity index (χ1n) is 12.0. The molecule has 2 aliphatic carbocycles. The average Bonchev–Trinajstić information content (AvgIpc) is 2.74. The summed E-state index contributed by atoms with van der Waals surface area (Å²) in [5.41, 5.74) is 0. The zero-order chi connectivity index (χ0) is 20.6. The second-order valence-electron chi connectivity index (χ2n) is 9.71. The van der Waals surface area contributed by atoms with E-state index in [1.54, 1.807) is 19.0 Å². The summed E-state index contributed by atoms with van der Waals surface area (Å²) in [4.78, 5) is 21.1. The minimum absolute atomic E-state index is 0.0508. The van der Waals surface area contributed by atoms with Crippen LogP contribution in [0.15, 0.2) is 4.99 Å². The molecule has 2 N–H and O–H groups in total. The minimum Gasteiger partial charge on any atom is -0.354 e. The molecule has 3 aliphatic rings. The van der Waals surface area contributed by atoms with Gasteiger partial charge in [0.15, 0.2) is 5.96 Å². The molecule has 1 saturated heterocycles. The predicted octanol–water partition coefficient (Wildman–Crippen LogP) is 2.99. The van der Waals surface area contributed by atoms with E-state index in [-0.39, 0.29) is 12.5 Å². The topological polar surface area (TPSA) is 60.0 Å². The summed E-state index contributed by atoms with van der Waals surface area (Å²) in [6, 6.07) is 1.73. The number of nitrogens with one attached hydrogen (secondary N) is 2. The van der Waals surface area contributed by atoms with Crippen molar-refractivity contribution in [3.8, 4) is 0 Å². The van der Waals surface area contributed by atoms with Crippen LogP contribution in [0.3, 0.4) is 0 Å². The fourth-order valence-corrected chi connectivity index (χ4v) is 5.18. The van der Waals surface area contributed by atoms with E-state index in [2.05, 4.69) is 27.4 Å². The number of likely N-dealkylation sites (N-methyl/N-ethyl adjacent to an activating group) is 1. The number of carbonyl (C=O) groups excluding carboxylic acids is 1. The molecule has 1 aliphatic heterocycles. The lowest BCUT2D eigenvalue weighted by Gasteiger charge is -2.40. The first-order valence-corrected chi connectivity index (χ1v) is 12.0. The summed E-state index contributed by atoms with van der Waals surface area (Å²) >= 11 is 0. The van der Waals surface area contributed by atoms with Crippen molar-refractivity contribution in [2.75, 3.05) is 33.7 Å². The van der Waals surface area contributed by atoms with Crippen molar-refractivity contribution in [1.82, 2.24) is 20.4 Å². The van der Waals surface area contributed by atoms with Crippen LogP contribution in [0.2, 0.25) is 0 Å². The molecule has 6 nitrogen and oxygen atoms in total. The molecule has 0 spiro atoms. The lowest BCUT2D eigenvalue weighted by atomic mass is 9.86. The highest BCUT2D eigenvalue weighted by atomic mass is 16.2. The Balaban J connectivity index is 1.54. The zero-order valence-electron chi connectivity index (χ0n) is 19.0. The molecule has 2 saturated carbocycles. The first-order chi connectivity index (χ1) is 14.0. The second kappa shape index (κ2) is 11.2. The van der Waals surface area contributed by atoms with Gasteiger partial charge in [0.1, 0.15) is 6.54 Å². The molecule has 1 heterocycles. The van der Waals surface area contributed by atoms with Gasteiger partial charge in [0.2, 0.25) is 5.91 Å². The number of carbonyl (C=O) groups is 1. The van der Waals surface area contributed by atoms with E-state index in [1.807, 2.05) is 0 Å². The van der Waals surface area contributed by atoms with E-state index in [9.17, 15) is 4.79 Å². The lowest BCUT2D eigenvalue weighted by Crippen LogP contribution is -2.53. The van der Waals surface area contributed by atoms with E-state index >= 15 is 0 Å². The number of hydrogen-bond donors (Lipinski definition) is 2. The van der Waals surface area contributed by atoms with Gasteiger partial charge in [0.25, 0.3) is 0 Å². The van der Waals surface area contributed by atoms with Crippen molar-refractivity contribution in [3.05, 3.63) is 0 Å². The van der Waals surface area contributed by atoms with Crippen LogP contribution in [0.25, 0.3) is 0 Å². The van der Waals surface area contributed by atoms with Crippen LogP contribution >= 0.6 is 0 Å². The van der Waals surface area contributed by atoms with Gasteiger partial charge in [-0.3, -0.25) is 4.79 Å². The highest BCUT2D eigenvalue weighted by Crippen LogP contribution is 2.26. The standard InChI is InChI=1S/C23H43N5O/c1-18-9-7-8-12-21(18)26-23(24-17-22(29)27(2)3)25-19-13-15-28(16-14-19)20-10-5-4-6-11-20/h18-21H,4-17H2,1-3H3,(H2,24,25,26). The van der Waals surface area contributed by atoms with Crippen molar-refractivity contribution in [3.63, 3.8) is 0 Å². The maximum Gasteiger partial charge on any atom is 0.243 e. The molecule has 3 fully saturated rings. The van der Waals surface area contributed by atoms with Crippen LogP contribution in [-0.2, 0) is 4.79 Å². The van der Waals surface area contributed by atoms with Gasteiger partial charge in [0.05, 0.1) is 0 Å². The SMILES string of the molecule is CC1CCCCC1NC(=NCC(=O)N(C)C)NC1CCN(C2CCCCC2)CC1. The third-order valence-corrected chi connectivity index (χ3v) is 7.27. The lowest BCUT2D eigenvalue weighted by molar-refractivity contribution is -0.127. The fraction of sp³-hybridized carbons (Fsp3) is 0.913. The first kappa shape index (κ1) is 22.4. The molecule has 0 bridgehead atoms. The van der Waals surface area contributed by atoms with Crippen LogP contribution < -0.4 is 10.6 Å². The van der Waals surface area contributed by atoms with Crippen molar-refractivity contribution in [1.29, 1.82) is 0 Å². The predicted molar refractivity (Wildman–Crippen MR) is 120 cm³/mol. The van der Waals surface area contributed by atoms with Gasteiger partial charge in [-0.05, 0) is 44.4 Å². The van der Waals surface area contributed by atoms with E-state index in [0.29, 0.717) is 18.0 Å². The molecule has 29 heavy (non-hydrogen) atoms. The van der Waals surface area contributed by atoms with Crippen molar-refractivity contribution in [2.45, 2.75) is 95.7 Å². The van der Waals surface area contributed by atoms with Gasteiger partial charge in [-0.1, -0.05) is 39.0 Å². The van der Waals surface area contributed by atoms with E-state index in [0.717, 1.165) is 12.0 Å². The molecule has 2 atom stereocenters. The number of aliphatic imine (C=N–C) groups is 1. The van der Waals surface area contributed by atoms with Gasteiger partial charge >= 0.3 is 0 Å². The molecule has 0 aromatic carbocycles. The van der Waals surface area contributed by atoms with Gasteiger partial charge < -0.3 is 20.4 Å². The maximum absolute atomic E-state index is 12.1. The average molecular weight is 406 g/mol. The number of likely N-dealkylation sites (tertiary alicyclic amines) is 1. The van der Waals surface area contributed by atoms with Crippen LogP contribution in [0.1, 0.15) is 77.6 Å². The summed E-state index contributed by atoms with van der Waals surface area (Å²) in [6.07, 6.45) is 14.4. The van der Waals surface area contributed by atoms with Crippen LogP contribution in [0.5, 0.6) is 0 Å². The summed E-state index contributed by atoms with van der Waals surface area (Å²) in [7, 11) is 3.59. The Kier molecular flexibility index (Phi) is 8.64. The third-order valence-electron chi connectivity index (χ3n) is 7.27. The van der Waals surface area contributed by atoms with Gasteiger partial charge in [-0.15, -0.1) is 0 Å². The van der Waals surface area contributed by atoms with E-state index < -0.39 is 0 Å². The Morgan fingerprint density at radius 1 is 0.931 bits per heavy atom. The quantitative estimate of drug-likeness (QED) is 0.545. The molecule has 1 amide bonds. The molecule has 0 aromatic heterocycles. The number of piperidine rings is 1. The Labute approximate surface area is 177 Å². The summed E-state index contributed by atoms with van der Waals surface area (Å²) in [5.74, 6) is 1.55. The Bertz CT molecular complexity index is 535. The molecule has 0 aromatic rings. The molecule has 166 valence electrons. The number of nitrogens with zero attached hydrogens (tertiary/aromatic N) is 3. The van der Waals surface area contributed by atoms with Gasteiger partial charge in [-0.2, -0.15) is 0 Å². The molecular weight excluding hydrogens is 362 g/mol. The number of rotatable bonds is 5. The third kappa shape index (κ3) is 6.87. The second-order valence-corrected chi connectivity index (χ2v) is 9.71. The zero-order valence-corrected chi connectivity index (χ0v) is 19.0. The Morgan fingerprint density at radius 3 is 2.24 bits per heavy atom. The summed E-state index contributed by atoms with van der Waals surface area (Å²) in [5, 5.41) is 7.36. The smallest absolute Gasteiger partial charge is 0.243 e. The van der Waals surface area contributed by atoms with Crippen LogP contribution in [-0.4, -0.2) is 73.5 Å². The normalized spacial score (nSPS) is 28.2. The number of guanidine groups is 1. The maximum atomic E-state index is 12.1. The number of amides is 1. The molecule has 6 heteroatoms. The summed E-state index contributed by atoms with van der Waals surface area (Å²) < 4.78 is 0. The van der Waals surface area contributed by atoms with Crippen LogP contribution in [0, 0.1) is 5.92 Å². The highest BCUT2D eigenvalue weighted by Gasteiger charge is 2.28. The van der Waals surface area contributed by atoms with Crippen molar-refractivity contribution >= 4 is 11.9 Å². The minimum atomic E-state index is 0.0508. The fourth-order valence-electron chi connectivity index (χ4n) is 5.18. The summed E-state index contributed by atoms with van der Waals surface area (Å²) in [6.45, 7) is 4.92. The highest BCUT2D eigenvalue weighted by molar-refractivity contribution is 5.85. The van der Waals surface area contributed by atoms with Gasteiger partial charge in [0, 0.05) is 45.3 Å². The van der Waals surface area contributed by atoms with Crippen LogP contribution in [0.4, 0.5) is 0 Å². The monoisotopic (exact) mass is 405 g/mol. The number of hydrogen-bond acceptors (Lipinski definition) is 3. The Hall–Kier alpha value is -1.30. The molecule has 3 rings (SSSR count). The van der Waals surface area contributed by atoms with Crippen molar-refractivity contribution in [2.24, 2.45) is 10.9 Å². The van der Waals surface area contributed by atoms with Gasteiger partial charge in [-0.25, -0.2) is 4.99 Å². The Morgan fingerprint density at radius 2 is 1.59 bits per heavy atom. The molecule has 2 unspecified atom stereocenters. The molecular formula is C23H43N5O. The largest absolute Gasteiger partial charge is 0.354 e. The molecule has 0 radical (unpaired) electrons. The van der Waals surface area contributed by atoms with Crippen molar-refractivity contribution < 1.29 is 4.79 Å². The van der Waals surface area contributed by atoms with E-state index in [1.165, 1.54) is 83.7 Å².